The van der Waals surface area contributed by atoms with Gasteiger partial charge in [-0.15, -0.1) is 0 Å². The van der Waals surface area contributed by atoms with Gasteiger partial charge in [0.2, 0.25) is 0 Å². The van der Waals surface area contributed by atoms with E-state index in [1.165, 1.54) is 24.7 Å². The van der Waals surface area contributed by atoms with Gasteiger partial charge in [0, 0.05) is 60.6 Å². The van der Waals surface area contributed by atoms with Crippen LogP contribution in [0.15, 0.2) is 60.9 Å². The van der Waals surface area contributed by atoms with Crippen LogP contribution in [0.5, 0.6) is 0 Å². The molecule has 0 unspecified atom stereocenters. The second-order valence-electron chi connectivity index (χ2n) is 10.6. The number of benzene rings is 2. The Hall–Kier alpha value is -4.50. The highest BCUT2D eigenvalue weighted by Crippen LogP contribution is 2.40. The summed E-state index contributed by atoms with van der Waals surface area (Å²) in [5.74, 6) is 0.404. The predicted molar refractivity (Wildman–Crippen MR) is 155 cm³/mol. The molecule has 0 radical (unpaired) electrons. The van der Waals surface area contributed by atoms with Gasteiger partial charge in [-0.3, -0.25) is 4.79 Å². The van der Waals surface area contributed by atoms with Crippen LogP contribution in [0, 0.1) is 0 Å². The van der Waals surface area contributed by atoms with Crippen molar-refractivity contribution >= 4 is 34.2 Å². The zero-order valence-electron chi connectivity index (χ0n) is 22.6. The maximum absolute atomic E-state index is 13.1. The van der Waals surface area contributed by atoms with Crippen molar-refractivity contribution in [2.75, 3.05) is 32.5 Å². The zero-order chi connectivity index (χ0) is 27.8. The molecule has 4 aromatic rings. The van der Waals surface area contributed by atoms with E-state index in [2.05, 4.69) is 26.3 Å². The van der Waals surface area contributed by atoms with Crippen molar-refractivity contribution < 1.29 is 14.7 Å². The lowest BCUT2D eigenvalue weighted by Gasteiger charge is -2.28. The van der Waals surface area contributed by atoms with Crippen molar-refractivity contribution in [1.29, 1.82) is 0 Å². The number of aliphatic hydroxyl groups is 1. The van der Waals surface area contributed by atoms with E-state index in [1.54, 1.807) is 25.1 Å². The minimum absolute atomic E-state index is 0.00104. The van der Waals surface area contributed by atoms with Gasteiger partial charge in [-0.05, 0) is 60.6 Å². The number of nitrogens with one attached hydrogen (secondary N) is 2. The third kappa shape index (κ3) is 4.96. The molecule has 3 amide bonds. The summed E-state index contributed by atoms with van der Waals surface area (Å²) in [4.78, 5) is 41.2. The quantitative estimate of drug-likeness (QED) is 0.320. The van der Waals surface area contributed by atoms with Gasteiger partial charge in [-0.1, -0.05) is 30.3 Å². The van der Waals surface area contributed by atoms with Crippen LogP contribution in [0.2, 0.25) is 0 Å². The van der Waals surface area contributed by atoms with Crippen molar-refractivity contribution in [2.24, 2.45) is 0 Å². The number of nitrogens with zero attached hydrogens (tertiary/aromatic N) is 4. The fourth-order valence-electron chi connectivity index (χ4n) is 5.31. The number of hydrogen-bond acceptors (Lipinski definition) is 5. The van der Waals surface area contributed by atoms with Crippen molar-refractivity contribution in [3.05, 3.63) is 83.3 Å². The van der Waals surface area contributed by atoms with E-state index in [-0.39, 0.29) is 18.5 Å². The van der Waals surface area contributed by atoms with Crippen LogP contribution < -0.4 is 5.32 Å². The molecule has 1 aliphatic heterocycles. The minimum atomic E-state index is -0.268. The van der Waals surface area contributed by atoms with Crippen molar-refractivity contribution in [1.82, 2.24) is 24.8 Å². The molecule has 0 atom stereocenters. The van der Waals surface area contributed by atoms with Gasteiger partial charge in [0.15, 0.2) is 0 Å². The van der Waals surface area contributed by atoms with Crippen molar-refractivity contribution in [3.8, 4) is 11.3 Å². The first-order chi connectivity index (χ1) is 19.4. The highest BCUT2D eigenvalue weighted by molar-refractivity contribution is 6.05. The highest BCUT2D eigenvalue weighted by atomic mass is 16.3. The van der Waals surface area contributed by atoms with E-state index in [1.807, 2.05) is 47.4 Å². The molecule has 9 nitrogen and oxygen atoms in total. The number of carbonyl (C=O) groups excluding carboxylic acids is 2. The third-order valence-corrected chi connectivity index (χ3v) is 7.69. The molecule has 0 spiro atoms. The summed E-state index contributed by atoms with van der Waals surface area (Å²) >= 11 is 0. The number of fused-ring (bicyclic) bond motifs is 1. The number of aliphatic hydroxyl groups excluding tert-OH is 1. The average Bonchev–Trinajstić information content (AvgIpc) is 3.74. The summed E-state index contributed by atoms with van der Waals surface area (Å²) in [6, 6.07) is 15.3. The third-order valence-electron chi connectivity index (χ3n) is 7.69. The number of H-pyrrole nitrogens is 1. The Balaban J connectivity index is 1.28. The maximum Gasteiger partial charge on any atom is 0.319 e. The van der Waals surface area contributed by atoms with Crippen LogP contribution in [0.3, 0.4) is 0 Å². The van der Waals surface area contributed by atoms with Gasteiger partial charge in [0.1, 0.15) is 12.0 Å². The molecule has 2 aromatic heterocycles. The molecular weight excluding hydrogens is 504 g/mol. The molecule has 6 rings (SSSR count). The van der Waals surface area contributed by atoms with Gasteiger partial charge in [-0.2, -0.15) is 0 Å². The number of aromatic amines is 1. The Labute approximate surface area is 232 Å². The molecule has 3 N–H and O–H groups in total. The second-order valence-corrected chi connectivity index (χ2v) is 10.6. The summed E-state index contributed by atoms with van der Waals surface area (Å²) in [5.41, 5.74) is 7.09. The molecule has 0 bridgehead atoms. The van der Waals surface area contributed by atoms with Crippen LogP contribution in [0.4, 0.5) is 10.5 Å². The number of urea groups is 1. The summed E-state index contributed by atoms with van der Waals surface area (Å²) < 4.78 is 0. The number of amides is 3. The molecule has 40 heavy (non-hydrogen) atoms. The Bertz CT molecular complexity index is 1620. The van der Waals surface area contributed by atoms with Gasteiger partial charge in [0.05, 0.1) is 12.3 Å². The van der Waals surface area contributed by atoms with Crippen LogP contribution >= 0.6 is 0 Å². The highest BCUT2D eigenvalue weighted by Gasteiger charge is 2.24. The molecule has 1 aliphatic carbocycles. The van der Waals surface area contributed by atoms with E-state index in [0.29, 0.717) is 47.2 Å². The first-order valence-electron chi connectivity index (χ1n) is 13.6. The Morgan fingerprint density at radius 3 is 2.60 bits per heavy atom. The van der Waals surface area contributed by atoms with Gasteiger partial charge >= 0.3 is 6.03 Å². The molecule has 3 heterocycles. The van der Waals surface area contributed by atoms with Gasteiger partial charge < -0.3 is 25.2 Å². The summed E-state index contributed by atoms with van der Waals surface area (Å²) in [5, 5.41) is 14.2. The smallest absolute Gasteiger partial charge is 0.319 e. The first-order valence-corrected chi connectivity index (χ1v) is 13.6. The standard InChI is InChI=1S/C31H32N6O3/c1-36(2)31(40)37-14-12-21(13-15-37)27-16-24-28(32-18-33-29(24)34-27)23-4-3-5-26(25(23)17-38)35-30(39)22-10-8-20(9-11-22)19-6-7-19/h3-5,8-12,16,18-19,38H,6-7,13-15,17H2,1-2H3,(H,35,39)(H,32,33,34). The molecule has 0 saturated heterocycles. The normalized spacial score (nSPS) is 15.2. The van der Waals surface area contributed by atoms with E-state index in [0.717, 1.165) is 28.6 Å². The zero-order valence-corrected chi connectivity index (χ0v) is 22.6. The number of anilines is 1. The SMILES string of the molecule is CN(C)C(=O)N1CC=C(c2cc3c(-c4cccc(NC(=O)c5ccc(C6CC6)cc5)c4CO)ncnc3[nH]2)CC1. The summed E-state index contributed by atoms with van der Waals surface area (Å²) in [6.45, 7) is 0.909. The van der Waals surface area contributed by atoms with Crippen molar-refractivity contribution in [3.63, 3.8) is 0 Å². The number of carbonyl (C=O) groups is 2. The van der Waals surface area contributed by atoms with E-state index in [4.69, 9.17) is 0 Å². The number of aromatic nitrogens is 3. The monoisotopic (exact) mass is 536 g/mol. The Kier molecular flexibility index (Phi) is 6.81. The van der Waals surface area contributed by atoms with E-state index in [9.17, 15) is 14.7 Å². The average molecular weight is 537 g/mol. The first kappa shape index (κ1) is 25.8. The number of hydrogen-bond donors (Lipinski definition) is 3. The number of rotatable bonds is 6. The molecule has 1 saturated carbocycles. The van der Waals surface area contributed by atoms with Gasteiger partial charge in [0.25, 0.3) is 5.91 Å². The van der Waals surface area contributed by atoms with Crippen LogP contribution in [-0.2, 0) is 6.61 Å². The molecular formula is C31H32N6O3. The van der Waals surface area contributed by atoms with Crippen LogP contribution in [0.1, 0.15) is 52.4 Å². The molecule has 204 valence electrons. The lowest BCUT2D eigenvalue weighted by molar-refractivity contribution is 0.102. The van der Waals surface area contributed by atoms with Crippen LogP contribution in [0.25, 0.3) is 27.9 Å². The topological polar surface area (TPSA) is 114 Å². The lowest BCUT2D eigenvalue weighted by atomic mass is 9.99. The minimum Gasteiger partial charge on any atom is -0.392 e. The maximum atomic E-state index is 13.1. The van der Waals surface area contributed by atoms with E-state index >= 15 is 0 Å². The largest absolute Gasteiger partial charge is 0.392 e. The van der Waals surface area contributed by atoms with Crippen LogP contribution in [-0.4, -0.2) is 69.0 Å². The van der Waals surface area contributed by atoms with Gasteiger partial charge in [-0.25, -0.2) is 14.8 Å². The molecule has 2 aromatic carbocycles. The molecule has 9 heteroatoms. The Morgan fingerprint density at radius 1 is 1.12 bits per heavy atom. The Morgan fingerprint density at radius 2 is 1.93 bits per heavy atom. The summed E-state index contributed by atoms with van der Waals surface area (Å²) in [7, 11) is 3.51. The fraction of sp³-hybridized carbons (Fsp3) is 0.290. The lowest BCUT2D eigenvalue weighted by Crippen LogP contribution is -2.41. The predicted octanol–water partition coefficient (Wildman–Crippen LogP) is 5.02. The molecule has 2 aliphatic rings. The summed E-state index contributed by atoms with van der Waals surface area (Å²) in [6.07, 6.45) is 6.71. The molecule has 1 fully saturated rings. The fourth-order valence-corrected chi connectivity index (χ4v) is 5.31. The van der Waals surface area contributed by atoms with E-state index < -0.39 is 0 Å². The second kappa shape index (κ2) is 10.6. The van der Waals surface area contributed by atoms with Crippen molar-refractivity contribution in [2.45, 2.75) is 31.8 Å².